The summed E-state index contributed by atoms with van der Waals surface area (Å²) in [4.78, 5) is 0. The lowest BCUT2D eigenvalue weighted by Crippen LogP contribution is -2.21. The Bertz CT molecular complexity index is 378. The van der Waals surface area contributed by atoms with E-state index < -0.39 is 0 Å². The average Bonchev–Trinajstić information content (AvgIpc) is 2.91. The maximum absolute atomic E-state index is 6.35. The molecule has 4 heteroatoms. The topological polar surface area (TPSA) is 44.5 Å². The Balaban J connectivity index is 2.27. The summed E-state index contributed by atoms with van der Waals surface area (Å²) in [5.41, 5.74) is 7.41. The van der Waals surface area contributed by atoms with Crippen LogP contribution in [0.3, 0.4) is 0 Å². The van der Waals surface area contributed by atoms with Crippen molar-refractivity contribution in [3.05, 3.63) is 23.8 Å². The van der Waals surface area contributed by atoms with Crippen LogP contribution in [0.4, 0.5) is 0 Å². The number of methoxy groups -OCH3 is 2. The molecule has 1 heterocycles. The van der Waals surface area contributed by atoms with E-state index in [-0.39, 0.29) is 6.04 Å². The van der Waals surface area contributed by atoms with Gasteiger partial charge in [0.1, 0.15) is 11.5 Å². The van der Waals surface area contributed by atoms with Crippen molar-refractivity contribution >= 4 is 11.8 Å². The fourth-order valence-electron chi connectivity index (χ4n) is 2.19. The van der Waals surface area contributed by atoms with E-state index in [2.05, 4.69) is 0 Å². The second kappa shape index (κ2) is 5.65. The number of hydrogen-bond donors (Lipinski definition) is 1. The summed E-state index contributed by atoms with van der Waals surface area (Å²) in [7, 11) is 3.35. The lowest BCUT2D eigenvalue weighted by atomic mass is 9.92. The molecule has 1 aliphatic rings. The van der Waals surface area contributed by atoms with Crippen molar-refractivity contribution in [1.29, 1.82) is 0 Å². The molecule has 0 saturated carbocycles. The van der Waals surface area contributed by atoms with E-state index in [4.69, 9.17) is 15.2 Å². The first-order valence-electron chi connectivity index (χ1n) is 5.81. The summed E-state index contributed by atoms with van der Waals surface area (Å²) in [6, 6.07) is 5.86. The zero-order valence-electron chi connectivity index (χ0n) is 10.3. The van der Waals surface area contributed by atoms with Crippen molar-refractivity contribution in [3.63, 3.8) is 0 Å². The quantitative estimate of drug-likeness (QED) is 0.895. The molecule has 2 atom stereocenters. The van der Waals surface area contributed by atoms with Gasteiger partial charge in [-0.1, -0.05) is 0 Å². The molecular formula is C13H19NO2S. The number of nitrogens with two attached hydrogens (primary N) is 1. The van der Waals surface area contributed by atoms with Gasteiger partial charge in [-0.2, -0.15) is 11.8 Å². The van der Waals surface area contributed by atoms with E-state index in [0.29, 0.717) is 5.92 Å². The van der Waals surface area contributed by atoms with Gasteiger partial charge in [0.25, 0.3) is 0 Å². The van der Waals surface area contributed by atoms with Crippen LogP contribution < -0.4 is 15.2 Å². The highest BCUT2D eigenvalue weighted by Crippen LogP contribution is 2.37. The summed E-state index contributed by atoms with van der Waals surface area (Å²) in [6.07, 6.45) is 1.19. The van der Waals surface area contributed by atoms with Gasteiger partial charge in [-0.25, -0.2) is 0 Å². The van der Waals surface area contributed by atoms with Crippen LogP contribution in [0.2, 0.25) is 0 Å². The number of ether oxygens (including phenoxy) is 2. The first-order valence-corrected chi connectivity index (χ1v) is 6.97. The summed E-state index contributed by atoms with van der Waals surface area (Å²) in [5.74, 6) is 4.59. The molecule has 2 rings (SSSR count). The van der Waals surface area contributed by atoms with Gasteiger partial charge in [0.05, 0.1) is 14.2 Å². The largest absolute Gasteiger partial charge is 0.497 e. The summed E-state index contributed by atoms with van der Waals surface area (Å²) >= 11 is 1.98. The van der Waals surface area contributed by atoms with E-state index in [1.54, 1.807) is 14.2 Å². The molecule has 0 amide bonds. The molecule has 94 valence electrons. The van der Waals surface area contributed by atoms with Crippen LogP contribution in [-0.4, -0.2) is 25.7 Å². The van der Waals surface area contributed by atoms with E-state index in [1.165, 1.54) is 12.2 Å². The lowest BCUT2D eigenvalue weighted by molar-refractivity contribution is 0.384. The first kappa shape index (κ1) is 12.6. The van der Waals surface area contributed by atoms with Gasteiger partial charge in [-0.3, -0.25) is 0 Å². The minimum absolute atomic E-state index is 0.0371. The van der Waals surface area contributed by atoms with Crippen LogP contribution in [0.25, 0.3) is 0 Å². The highest BCUT2D eigenvalue weighted by atomic mass is 32.2. The Labute approximate surface area is 107 Å². The third-order valence-electron chi connectivity index (χ3n) is 3.27. The number of thioether (sulfide) groups is 1. The van der Waals surface area contributed by atoms with Gasteiger partial charge < -0.3 is 15.2 Å². The molecule has 17 heavy (non-hydrogen) atoms. The maximum atomic E-state index is 6.35. The molecule has 0 bridgehead atoms. The van der Waals surface area contributed by atoms with Crippen molar-refractivity contribution in [1.82, 2.24) is 0 Å². The molecule has 1 fully saturated rings. The summed E-state index contributed by atoms with van der Waals surface area (Å²) in [5, 5.41) is 0. The van der Waals surface area contributed by atoms with Gasteiger partial charge in [0.15, 0.2) is 0 Å². The van der Waals surface area contributed by atoms with Crippen molar-refractivity contribution in [3.8, 4) is 11.5 Å². The molecular weight excluding hydrogens is 234 g/mol. The zero-order valence-corrected chi connectivity index (χ0v) is 11.1. The van der Waals surface area contributed by atoms with Crippen LogP contribution in [0.1, 0.15) is 18.0 Å². The lowest BCUT2D eigenvalue weighted by Gasteiger charge is -2.21. The third-order valence-corrected chi connectivity index (χ3v) is 4.46. The van der Waals surface area contributed by atoms with E-state index in [1.807, 2.05) is 30.0 Å². The third kappa shape index (κ3) is 2.69. The normalized spacial score (nSPS) is 21.2. The van der Waals surface area contributed by atoms with Crippen LogP contribution in [0, 0.1) is 5.92 Å². The van der Waals surface area contributed by atoms with Gasteiger partial charge in [-0.15, -0.1) is 0 Å². The molecule has 3 nitrogen and oxygen atoms in total. The van der Waals surface area contributed by atoms with Crippen LogP contribution in [0.5, 0.6) is 11.5 Å². The Hall–Kier alpha value is -0.870. The van der Waals surface area contributed by atoms with Crippen molar-refractivity contribution < 1.29 is 9.47 Å². The molecule has 0 aliphatic carbocycles. The molecule has 0 radical (unpaired) electrons. The van der Waals surface area contributed by atoms with Crippen LogP contribution in [0.15, 0.2) is 18.2 Å². The molecule has 1 aromatic carbocycles. The molecule has 0 aromatic heterocycles. The molecule has 0 spiro atoms. The predicted molar refractivity (Wildman–Crippen MR) is 71.9 cm³/mol. The molecule has 1 aliphatic heterocycles. The van der Waals surface area contributed by atoms with Crippen molar-refractivity contribution in [2.24, 2.45) is 11.7 Å². The molecule has 2 unspecified atom stereocenters. The van der Waals surface area contributed by atoms with Gasteiger partial charge in [-0.05, 0) is 42.0 Å². The summed E-state index contributed by atoms with van der Waals surface area (Å²) in [6.45, 7) is 0. The average molecular weight is 253 g/mol. The first-order chi connectivity index (χ1) is 8.26. The van der Waals surface area contributed by atoms with Crippen LogP contribution >= 0.6 is 11.8 Å². The Kier molecular flexibility index (Phi) is 4.18. The molecule has 2 N–H and O–H groups in total. The van der Waals surface area contributed by atoms with E-state index >= 15 is 0 Å². The van der Waals surface area contributed by atoms with Gasteiger partial charge >= 0.3 is 0 Å². The number of rotatable bonds is 4. The van der Waals surface area contributed by atoms with Crippen molar-refractivity contribution in [2.75, 3.05) is 25.7 Å². The minimum Gasteiger partial charge on any atom is -0.497 e. The second-order valence-electron chi connectivity index (χ2n) is 4.26. The fraction of sp³-hybridized carbons (Fsp3) is 0.538. The standard InChI is InChI=1S/C13H19NO2S/c1-15-10-3-4-12(16-2)11(7-10)13(14)9-5-6-17-8-9/h3-4,7,9,13H,5-6,8,14H2,1-2H3. The predicted octanol–water partition coefficient (Wildman–Crippen LogP) is 2.46. The van der Waals surface area contributed by atoms with E-state index in [9.17, 15) is 0 Å². The van der Waals surface area contributed by atoms with Crippen molar-refractivity contribution in [2.45, 2.75) is 12.5 Å². The minimum atomic E-state index is 0.0371. The Morgan fingerprint density at radius 3 is 2.76 bits per heavy atom. The summed E-state index contributed by atoms with van der Waals surface area (Å²) < 4.78 is 10.6. The molecule has 1 saturated heterocycles. The Morgan fingerprint density at radius 2 is 2.18 bits per heavy atom. The van der Waals surface area contributed by atoms with Gasteiger partial charge in [0, 0.05) is 11.6 Å². The highest BCUT2D eigenvalue weighted by molar-refractivity contribution is 7.99. The maximum Gasteiger partial charge on any atom is 0.123 e. The van der Waals surface area contributed by atoms with E-state index in [0.717, 1.165) is 22.8 Å². The monoisotopic (exact) mass is 253 g/mol. The SMILES string of the molecule is COc1ccc(OC)c(C(N)C2CCSC2)c1. The second-order valence-corrected chi connectivity index (χ2v) is 5.41. The highest BCUT2D eigenvalue weighted by Gasteiger charge is 2.26. The Morgan fingerprint density at radius 1 is 1.35 bits per heavy atom. The van der Waals surface area contributed by atoms with Gasteiger partial charge in [0.2, 0.25) is 0 Å². The smallest absolute Gasteiger partial charge is 0.123 e. The van der Waals surface area contributed by atoms with Crippen LogP contribution in [-0.2, 0) is 0 Å². The number of benzene rings is 1. The fourth-order valence-corrected chi connectivity index (χ4v) is 3.50. The zero-order chi connectivity index (χ0) is 12.3. The molecule has 1 aromatic rings. The number of hydrogen-bond acceptors (Lipinski definition) is 4.